The van der Waals surface area contributed by atoms with Crippen molar-refractivity contribution in [2.75, 3.05) is 18.9 Å². The summed E-state index contributed by atoms with van der Waals surface area (Å²) in [5, 5.41) is 0. The molecule has 25 heavy (non-hydrogen) atoms. The fourth-order valence-electron chi connectivity index (χ4n) is 2.31. The highest BCUT2D eigenvalue weighted by atomic mass is 16.5. The van der Waals surface area contributed by atoms with Crippen LogP contribution in [0.2, 0.25) is 0 Å². The molecule has 0 amide bonds. The number of nitrogen functional groups attached to an aromatic ring is 1. The predicted molar refractivity (Wildman–Crippen MR) is 99.0 cm³/mol. The minimum absolute atomic E-state index is 0.218. The molecule has 0 saturated carbocycles. The second-order valence-electron chi connectivity index (χ2n) is 6.18. The van der Waals surface area contributed by atoms with Crippen molar-refractivity contribution in [3.63, 3.8) is 0 Å². The molecule has 0 aromatic heterocycles. The van der Waals surface area contributed by atoms with E-state index in [1.54, 1.807) is 19.1 Å². The standard InChI is InChI=1S/C20H29NO4/c1-16(2)20(23)25-13-8-6-4-3-5-7-12-24-19(22)15-17-10-9-11-18(21)14-17/h9-11,14H,1,3-8,12-13,15,21H2,2H3. The third-order valence-electron chi connectivity index (χ3n) is 3.68. The first-order valence-electron chi connectivity index (χ1n) is 8.81. The smallest absolute Gasteiger partial charge is 0.333 e. The van der Waals surface area contributed by atoms with E-state index in [4.69, 9.17) is 15.2 Å². The zero-order valence-corrected chi connectivity index (χ0v) is 15.1. The molecule has 0 bridgehead atoms. The summed E-state index contributed by atoms with van der Waals surface area (Å²) < 4.78 is 10.3. The quantitative estimate of drug-likeness (QED) is 0.269. The summed E-state index contributed by atoms with van der Waals surface area (Å²) in [6, 6.07) is 7.27. The fourth-order valence-corrected chi connectivity index (χ4v) is 2.31. The molecule has 0 unspecified atom stereocenters. The van der Waals surface area contributed by atoms with Gasteiger partial charge < -0.3 is 15.2 Å². The van der Waals surface area contributed by atoms with Crippen molar-refractivity contribution in [1.82, 2.24) is 0 Å². The molecule has 0 saturated heterocycles. The number of benzene rings is 1. The molecule has 0 aliphatic heterocycles. The summed E-state index contributed by atoms with van der Waals surface area (Å²) in [6.45, 7) is 6.09. The Bertz CT molecular complexity index is 569. The van der Waals surface area contributed by atoms with E-state index in [2.05, 4.69) is 6.58 Å². The van der Waals surface area contributed by atoms with Gasteiger partial charge in [-0.25, -0.2) is 4.79 Å². The molecule has 138 valence electrons. The lowest BCUT2D eigenvalue weighted by Crippen LogP contribution is -2.09. The Hall–Kier alpha value is -2.30. The third kappa shape index (κ3) is 10.2. The maximum Gasteiger partial charge on any atom is 0.333 e. The lowest BCUT2D eigenvalue weighted by atomic mass is 10.1. The fraction of sp³-hybridized carbons (Fsp3) is 0.500. The number of hydrogen-bond acceptors (Lipinski definition) is 5. The molecule has 1 aromatic rings. The van der Waals surface area contributed by atoms with E-state index in [9.17, 15) is 9.59 Å². The van der Waals surface area contributed by atoms with Gasteiger partial charge >= 0.3 is 11.9 Å². The average Bonchev–Trinajstić information content (AvgIpc) is 2.56. The largest absolute Gasteiger partial charge is 0.465 e. The zero-order chi connectivity index (χ0) is 18.5. The molecule has 0 aliphatic carbocycles. The number of carbonyl (C=O) groups excluding carboxylic acids is 2. The molecule has 0 heterocycles. The SMILES string of the molecule is C=C(C)C(=O)OCCCCCCCCOC(=O)Cc1cccc(N)c1. The summed E-state index contributed by atoms with van der Waals surface area (Å²) >= 11 is 0. The highest BCUT2D eigenvalue weighted by Gasteiger charge is 2.05. The number of carbonyl (C=O) groups is 2. The van der Waals surface area contributed by atoms with Gasteiger partial charge in [-0.1, -0.05) is 44.4 Å². The van der Waals surface area contributed by atoms with Crippen molar-refractivity contribution < 1.29 is 19.1 Å². The molecule has 0 fully saturated rings. The number of unbranched alkanes of at least 4 members (excludes halogenated alkanes) is 5. The van der Waals surface area contributed by atoms with Crippen molar-refractivity contribution in [3.8, 4) is 0 Å². The van der Waals surface area contributed by atoms with Gasteiger partial charge in [-0.15, -0.1) is 0 Å². The van der Waals surface area contributed by atoms with E-state index >= 15 is 0 Å². The van der Waals surface area contributed by atoms with Crippen molar-refractivity contribution in [2.45, 2.75) is 51.9 Å². The van der Waals surface area contributed by atoms with Gasteiger partial charge in [-0.05, 0) is 37.5 Å². The molecular weight excluding hydrogens is 318 g/mol. The molecule has 0 radical (unpaired) electrons. The van der Waals surface area contributed by atoms with E-state index in [0.29, 0.717) is 24.5 Å². The summed E-state index contributed by atoms with van der Waals surface area (Å²) in [5.74, 6) is -0.537. The number of nitrogens with two attached hydrogens (primary N) is 1. The molecule has 2 N–H and O–H groups in total. The number of anilines is 1. The minimum atomic E-state index is -0.319. The van der Waals surface area contributed by atoms with Gasteiger partial charge in [0, 0.05) is 11.3 Å². The first-order chi connectivity index (χ1) is 12.0. The van der Waals surface area contributed by atoms with E-state index in [0.717, 1.165) is 44.1 Å². The lowest BCUT2D eigenvalue weighted by Gasteiger charge is -2.06. The Morgan fingerprint density at radius 3 is 2.20 bits per heavy atom. The first-order valence-corrected chi connectivity index (χ1v) is 8.81. The van der Waals surface area contributed by atoms with E-state index < -0.39 is 0 Å². The van der Waals surface area contributed by atoms with Crippen LogP contribution in [0, 0.1) is 0 Å². The van der Waals surface area contributed by atoms with Crippen LogP contribution in [0.1, 0.15) is 51.0 Å². The molecule has 0 atom stereocenters. The normalized spacial score (nSPS) is 10.3. The lowest BCUT2D eigenvalue weighted by molar-refractivity contribution is -0.143. The van der Waals surface area contributed by atoms with Crippen LogP contribution in [0.5, 0.6) is 0 Å². The molecule has 1 aromatic carbocycles. The van der Waals surface area contributed by atoms with E-state index in [1.807, 2.05) is 12.1 Å². The van der Waals surface area contributed by atoms with Crippen LogP contribution < -0.4 is 5.73 Å². The van der Waals surface area contributed by atoms with Gasteiger partial charge in [-0.2, -0.15) is 0 Å². The average molecular weight is 347 g/mol. The maximum absolute atomic E-state index is 11.7. The second-order valence-corrected chi connectivity index (χ2v) is 6.18. The van der Waals surface area contributed by atoms with Crippen LogP contribution in [-0.2, 0) is 25.5 Å². The van der Waals surface area contributed by atoms with Crippen LogP contribution in [0.4, 0.5) is 5.69 Å². The summed E-state index contributed by atoms with van der Waals surface area (Å²) in [4.78, 5) is 22.9. The monoisotopic (exact) mass is 347 g/mol. The molecule has 5 nitrogen and oxygen atoms in total. The highest BCUT2D eigenvalue weighted by Crippen LogP contribution is 2.09. The van der Waals surface area contributed by atoms with Gasteiger partial charge in [0.2, 0.25) is 0 Å². The van der Waals surface area contributed by atoms with Crippen molar-refractivity contribution in [3.05, 3.63) is 42.0 Å². The van der Waals surface area contributed by atoms with E-state index in [-0.39, 0.29) is 18.4 Å². The predicted octanol–water partition coefficient (Wildman–Crippen LogP) is 3.81. The van der Waals surface area contributed by atoms with Crippen molar-refractivity contribution >= 4 is 17.6 Å². The number of ether oxygens (including phenoxy) is 2. The molecule has 0 spiro atoms. The van der Waals surface area contributed by atoms with Gasteiger partial charge in [0.25, 0.3) is 0 Å². The number of rotatable bonds is 12. The van der Waals surface area contributed by atoms with Gasteiger partial charge in [0.15, 0.2) is 0 Å². The topological polar surface area (TPSA) is 78.6 Å². The Balaban J connectivity index is 1.94. The third-order valence-corrected chi connectivity index (χ3v) is 3.68. The Kier molecular flexibility index (Phi) is 10.1. The van der Waals surface area contributed by atoms with E-state index in [1.165, 1.54) is 0 Å². The minimum Gasteiger partial charge on any atom is -0.465 e. The Morgan fingerprint density at radius 1 is 1.00 bits per heavy atom. The van der Waals surface area contributed by atoms with Crippen LogP contribution in [0.3, 0.4) is 0 Å². The number of hydrogen-bond donors (Lipinski definition) is 1. The van der Waals surface area contributed by atoms with Crippen molar-refractivity contribution in [2.24, 2.45) is 0 Å². The summed E-state index contributed by atoms with van der Waals surface area (Å²) in [7, 11) is 0. The van der Waals surface area contributed by atoms with Crippen LogP contribution in [-0.4, -0.2) is 25.2 Å². The van der Waals surface area contributed by atoms with Crippen molar-refractivity contribution in [1.29, 1.82) is 0 Å². The van der Waals surface area contributed by atoms with Crippen LogP contribution >= 0.6 is 0 Å². The van der Waals surface area contributed by atoms with Gasteiger partial charge in [0.1, 0.15) is 0 Å². The molecule has 1 rings (SSSR count). The number of esters is 2. The van der Waals surface area contributed by atoms with Crippen LogP contribution in [0.25, 0.3) is 0 Å². The zero-order valence-electron chi connectivity index (χ0n) is 15.1. The Labute approximate surface area is 150 Å². The van der Waals surface area contributed by atoms with Gasteiger partial charge in [0.05, 0.1) is 19.6 Å². The van der Waals surface area contributed by atoms with Crippen LogP contribution in [0.15, 0.2) is 36.4 Å². The highest BCUT2D eigenvalue weighted by molar-refractivity contribution is 5.86. The van der Waals surface area contributed by atoms with Gasteiger partial charge in [-0.3, -0.25) is 4.79 Å². The Morgan fingerprint density at radius 2 is 1.60 bits per heavy atom. The first kappa shape index (κ1) is 20.7. The molecule has 0 aliphatic rings. The summed E-state index contributed by atoms with van der Waals surface area (Å²) in [6.07, 6.45) is 6.22. The second kappa shape index (κ2) is 12.1. The maximum atomic E-state index is 11.7. The molecule has 5 heteroatoms. The summed E-state index contributed by atoms with van der Waals surface area (Å²) in [5.41, 5.74) is 7.64. The molecular formula is C20H29NO4.